The van der Waals surface area contributed by atoms with Crippen LogP contribution in [-0.2, 0) is 42.9 Å². The lowest BCUT2D eigenvalue weighted by Crippen LogP contribution is -2.64. The Morgan fingerprint density at radius 3 is 2.23 bits per heavy atom. The molecule has 2 aliphatic carbocycles. The van der Waals surface area contributed by atoms with Gasteiger partial charge < -0.3 is 18.9 Å². The Labute approximate surface area is 230 Å². The van der Waals surface area contributed by atoms with Gasteiger partial charge >= 0.3 is 23.9 Å². The van der Waals surface area contributed by atoms with Crippen molar-refractivity contribution in [3.63, 3.8) is 0 Å². The van der Waals surface area contributed by atoms with Crippen molar-refractivity contribution in [2.75, 3.05) is 0 Å². The molecule has 0 bridgehead atoms. The first kappa shape index (κ1) is 30.6. The van der Waals surface area contributed by atoms with Crippen LogP contribution in [0, 0.1) is 22.7 Å². The summed E-state index contributed by atoms with van der Waals surface area (Å²) < 4.78 is 29.4. The van der Waals surface area contributed by atoms with Crippen LogP contribution >= 0.6 is 0 Å². The molecule has 9 heteroatoms. The summed E-state index contributed by atoms with van der Waals surface area (Å²) in [5.74, 6) is -2.31. The zero-order valence-electron chi connectivity index (χ0n) is 23.9. The first-order chi connectivity index (χ1) is 18.3. The van der Waals surface area contributed by atoms with Crippen molar-refractivity contribution >= 4 is 23.9 Å². The Balaban J connectivity index is 2.28. The summed E-state index contributed by atoms with van der Waals surface area (Å²) in [6.45, 7) is 18.0. The Bertz CT molecular complexity index is 1050. The van der Waals surface area contributed by atoms with Crippen LogP contribution < -0.4 is 0 Å². The van der Waals surface area contributed by atoms with Gasteiger partial charge in [0.2, 0.25) is 12.6 Å². The number of hydrogen-bond acceptors (Lipinski definition) is 9. The van der Waals surface area contributed by atoms with Crippen molar-refractivity contribution in [2.45, 2.75) is 105 Å². The van der Waals surface area contributed by atoms with E-state index in [-0.39, 0.29) is 24.2 Å². The second-order valence-corrected chi connectivity index (χ2v) is 11.2. The monoisotopic (exact) mass is 546 g/mol. The summed E-state index contributed by atoms with van der Waals surface area (Å²) >= 11 is 0. The van der Waals surface area contributed by atoms with Gasteiger partial charge in [-0.05, 0) is 55.4 Å². The van der Waals surface area contributed by atoms with Gasteiger partial charge in [0.05, 0.1) is 0 Å². The van der Waals surface area contributed by atoms with Gasteiger partial charge in [0, 0.05) is 32.8 Å². The van der Waals surface area contributed by atoms with Crippen molar-refractivity contribution < 1.29 is 42.9 Å². The molecular weight excluding hydrogens is 504 g/mol. The van der Waals surface area contributed by atoms with E-state index in [1.54, 1.807) is 12.2 Å². The first-order valence-corrected chi connectivity index (χ1v) is 13.7. The fraction of sp³-hybridized carbons (Fsp3) is 0.667. The minimum absolute atomic E-state index is 0.0493. The van der Waals surface area contributed by atoms with Crippen LogP contribution in [0.2, 0.25) is 0 Å². The molecule has 2 fully saturated rings. The largest absolute Gasteiger partial charge is 0.461 e. The Hall–Kier alpha value is -2.94. The normalized spacial score (nSPS) is 35.0. The molecule has 216 valence electrons. The van der Waals surface area contributed by atoms with Crippen LogP contribution in [0.1, 0.15) is 80.1 Å². The minimum Gasteiger partial charge on any atom is -0.461 e. The van der Waals surface area contributed by atoms with Crippen LogP contribution in [0.15, 0.2) is 36.5 Å². The molecule has 0 aromatic rings. The number of ether oxygens (including phenoxy) is 5. The number of carbonyl (C=O) groups is 4. The Morgan fingerprint density at radius 1 is 1.03 bits per heavy atom. The third kappa shape index (κ3) is 5.98. The molecule has 9 nitrogen and oxygen atoms in total. The van der Waals surface area contributed by atoms with E-state index >= 15 is 0 Å². The SMILES string of the molecule is C=CC(=C)CC[C@]1(C)[C@H]2C[C@H](OC(C)=O)C=C3[C@H](OC(C)=O)O[C@H](OC(C)=O)[C@@]32[C@H](OC(=O)CCC)C[C@@H]1C. The molecule has 8 atom stereocenters. The van der Waals surface area contributed by atoms with E-state index in [9.17, 15) is 19.2 Å². The summed E-state index contributed by atoms with van der Waals surface area (Å²) in [5.41, 5.74) is -0.219. The molecule has 0 radical (unpaired) electrons. The highest BCUT2D eigenvalue weighted by Crippen LogP contribution is 2.68. The summed E-state index contributed by atoms with van der Waals surface area (Å²) in [4.78, 5) is 49.5. The lowest BCUT2D eigenvalue weighted by molar-refractivity contribution is -0.258. The number of carbonyl (C=O) groups excluding carboxylic acids is 4. The van der Waals surface area contributed by atoms with E-state index in [0.29, 0.717) is 37.7 Å². The fourth-order valence-corrected chi connectivity index (χ4v) is 6.76. The highest BCUT2D eigenvalue weighted by molar-refractivity contribution is 5.70. The topological polar surface area (TPSA) is 114 Å². The van der Waals surface area contributed by atoms with E-state index in [4.69, 9.17) is 23.7 Å². The molecular formula is C30H42O9. The van der Waals surface area contributed by atoms with Crippen molar-refractivity contribution in [2.24, 2.45) is 22.7 Å². The first-order valence-electron chi connectivity index (χ1n) is 13.7. The second kappa shape index (κ2) is 12.1. The van der Waals surface area contributed by atoms with Crippen LogP contribution in [0.5, 0.6) is 0 Å². The number of rotatable bonds is 10. The van der Waals surface area contributed by atoms with Crippen molar-refractivity contribution in [1.82, 2.24) is 0 Å². The molecule has 0 N–H and O–H groups in total. The summed E-state index contributed by atoms with van der Waals surface area (Å²) in [6.07, 6.45) is 2.71. The average molecular weight is 547 g/mol. The standard InChI is InChI=1S/C30H42O9/c1-9-11-26(34)38-25-14-18(4)29(8,13-12-17(3)10-2)24-16-22(35-19(5)31)15-23-27(36-20(6)32)39-28(30(23,24)25)37-21(7)33/h10,15,18,22,24-25,27-28H,2-3,9,11-14,16H2,1,4-8H3/t18-,22+,24+,25+,27+,28-,29-,30-/m0/s1. The Morgan fingerprint density at radius 2 is 1.67 bits per heavy atom. The molecule has 3 aliphatic rings. The molecule has 1 saturated carbocycles. The van der Waals surface area contributed by atoms with Crippen LogP contribution in [0.3, 0.4) is 0 Å². The van der Waals surface area contributed by atoms with Crippen molar-refractivity contribution in [3.05, 3.63) is 36.5 Å². The summed E-state index contributed by atoms with van der Waals surface area (Å²) in [5, 5.41) is 0. The predicted octanol–water partition coefficient (Wildman–Crippen LogP) is 4.94. The maximum Gasteiger partial charge on any atom is 0.306 e. The number of hydrogen-bond donors (Lipinski definition) is 0. The lowest BCUT2D eigenvalue weighted by atomic mass is 9.45. The highest BCUT2D eigenvalue weighted by Gasteiger charge is 2.72. The quantitative estimate of drug-likeness (QED) is 0.163. The van der Waals surface area contributed by atoms with Gasteiger partial charge in [-0.15, -0.1) is 0 Å². The van der Waals surface area contributed by atoms with E-state index < -0.39 is 53.5 Å². The molecule has 0 amide bonds. The lowest BCUT2D eigenvalue weighted by Gasteiger charge is -2.61. The zero-order valence-corrected chi connectivity index (χ0v) is 23.9. The van der Waals surface area contributed by atoms with E-state index in [2.05, 4.69) is 27.0 Å². The smallest absolute Gasteiger partial charge is 0.306 e. The third-order valence-electron chi connectivity index (χ3n) is 8.69. The molecule has 1 spiro atoms. The van der Waals surface area contributed by atoms with Gasteiger partial charge in [0.25, 0.3) is 0 Å². The minimum atomic E-state index is -1.21. The summed E-state index contributed by atoms with van der Waals surface area (Å²) in [7, 11) is 0. The van der Waals surface area contributed by atoms with Gasteiger partial charge in [-0.25, -0.2) is 0 Å². The van der Waals surface area contributed by atoms with Crippen LogP contribution in [0.25, 0.3) is 0 Å². The Kier molecular flexibility index (Phi) is 9.47. The molecule has 1 saturated heterocycles. The maximum absolute atomic E-state index is 12.9. The highest BCUT2D eigenvalue weighted by atomic mass is 16.8. The molecule has 1 heterocycles. The molecule has 3 rings (SSSR count). The van der Waals surface area contributed by atoms with Crippen LogP contribution in [-0.4, -0.2) is 48.7 Å². The zero-order chi connectivity index (χ0) is 29.1. The molecule has 1 aliphatic heterocycles. The molecule has 0 aromatic carbocycles. The average Bonchev–Trinajstić information content (AvgIpc) is 3.12. The van der Waals surface area contributed by atoms with Crippen molar-refractivity contribution in [3.8, 4) is 0 Å². The van der Waals surface area contributed by atoms with Gasteiger partial charge in [0.1, 0.15) is 17.6 Å². The van der Waals surface area contributed by atoms with Crippen molar-refractivity contribution in [1.29, 1.82) is 0 Å². The predicted molar refractivity (Wildman–Crippen MR) is 142 cm³/mol. The van der Waals surface area contributed by atoms with Gasteiger partial charge in [-0.2, -0.15) is 0 Å². The number of esters is 4. The van der Waals surface area contributed by atoms with Gasteiger partial charge in [0.15, 0.2) is 0 Å². The van der Waals surface area contributed by atoms with E-state index in [1.807, 2.05) is 6.92 Å². The van der Waals surface area contributed by atoms with E-state index in [1.165, 1.54) is 20.8 Å². The van der Waals surface area contributed by atoms with Gasteiger partial charge in [-0.3, -0.25) is 23.9 Å². The summed E-state index contributed by atoms with van der Waals surface area (Å²) in [6, 6.07) is 0. The molecule has 0 unspecified atom stereocenters. The second-order valence-electron chi connectivity index (χ2n) is 11.2. The maximum atomic E-state index is 12.9. The third-order valence-corrected chi connectivity index (χ3v) is 8.69. The van der Waals surface area contributed by atoms with Crippen LogP contribution in [0.4, 0.5) is 0 Å². The fourth-order valence-electron chi connectivity index (χ4n) is 6.76. The number of allylic oxidation sites excluding steroid dienone is 2. The van der Waals surface area contributed by atoms with Gasteiger partial charge in [-0.1, -0.05) is 45.6 Å². The molecule has 39 heavy (non-hydrogen) atoms. The van der Waals surface area contributed by atoms with E-state index in [0.717, 1.165) is 5.57 Å². The molecule has 0 aromatic heterocycles.